The fraction of sp³-hybridized carbons (Fsp3) is 0.500. The van der Waals surface area contributed by atoms with Crippen LogP contribution in [0.2, 0.25) is 0 Å². The number of carboxylic acid groups (broad SMARTS) is 1. The minimum absolute atomic E-state index is 0.0922. The van der Waals surface area contributed by atoms with Crippen LogP contribution >= 0.6 is 11.3 Å². The van der Waals surface area contributed by atoms with Crippen LogP contribution in [0.25, 0.3) is 0 Å². The maximum absolute atomic E-state index is 11.9. The Morgan fingerprint density at radius 3 is 2.76 bits per heavy atom. The number of anilines is 1. The summed E-state index contributed by atoms with van der Waals surface area (Å²) in [5.74, 6) is -1.18. The van der Waals surface area contributed by atoms with E-state index in [-0.39, 0.29) is 24.9 Å². The molecule has 1 aromatic rings. The maximum Gasteiger partial charge on any atom is 0.323 e. The van der Waals surface area contributed by atoms with Gasteiger partial charge in [-0.05, 0) is 12.8 Å². The second-order valence-electron chi connectivity index (χ2n) is 4.00. The molecule has 0 bridgehead atoms. The van der Waals surface area contributed by atoms with Crippen LogP contribution in [-0.4, -0.2) is 39.5 Å². The van der Waals surface area contributed by atoms with Crippen LogP contribution in [0, 0.1) is 0 Å². The SMILES string of the molecule is Nc1nc(CC(=O)N(CC(=O)O)C2CC2)cs1. The number of amides is 1. The van der Waals surface area contributed by atoms with E-state index in [4.69, 9.17) is 10.8 Å². The number of carbonyl (C=O) groups excluding carboxylic acids is 1. The molecular weight excluding hydrogens is 242 g/mol. The average Bonchev–Trinajstić information content (AvgIpc) is 3.00. The Morgan fingerprint density at radius 1 is 1.59 bits per heavy atom. The Kier molecular flexibility index (Phi) is 3.28. The zero-order valence-electron chi connectivity index (χ0n) is 9.13. The Balaban J connectivity index is 1.98. The molecule has 0 radical (unpaired) electrons. The molecule has 0 saturated heterocycles. The summed E-state index contributed by atoms with van der Waals surface area (Å²) in [6, 6.07) is 0.0922. The Morgan fingerprint density at radius 2 is 2.29 bits per heavy atom. The number of aliphatic carboxylic acids is 1. The smallest absolute Gasteiger partial charge is 0.323 e. The highest BCUT2D eigenvalue weighted by Gasteiger charge is 2.33. The predicted molar refractivity (Wildman–Crippen MR) is 62.6 cm³/mol. The molecule has 1 fully saturated rings. The summed E-state index contributed by atoms with van der Waals surface area (Å²) in [7, 11) is 0. The van der Waals surface area contributed by atoms with Crippen LogP contribution in [0.4, 0.5) is 5.13 Å². The largest absolute Gasteiger partial charge is 0.480 e. The predicted octanol–water partition coefficient (Wildman–Crippen LogP) is 0.343. The summed E-state index contributed by atoms with van der Waals surface area (Å²) in [5, 5.41) is 10.9. The summed E-state index contributed by atoms with van der Waals surface area (Å²) in [5.41, 5.74) is 6.08. The fourth-order valence-corrected chi connectivity index (χ4v) is 2.18. The van der Waals surface area contributed by atoms with E-state index in [1.807, 2.05) is 0 Å². The Labute approximate surface area is 102 Å². The quantitative estimate of drug-likeness (QED) is 0.791. The van der Waals surface area contributed by atoms with Crippen molar-refractivity contribution in [3.05, 3.63) is 11.1 Å². The molecule has 0 spiro atoms. The van der Waals surface area contributed by atoms with Gasteiger partial charge in [0.2, 0.25) is 5.91 Å². The van der Waals surface area contributed by atoms with Crippen LogP contribution in [0.5, 0.6) is 0 Å². The highest BCUT2D eigenvalue weighted by Crippen LogP contribution is 2.27. The van der Waals surface area contributed by atoms with Crippen molar-refractivity contribution in [3.63, 3.8) is 0 Å². The van der Waals surface area contributed by atoms with Gasteiger partial charge in [0, 0.05) is 11.4 Å². The highest BCUT2D eigenvalue weighted by molar-refractivity contribution is 7.13. The first-order chi connectivity index (χ1) is 8.06. The van der Waals surface area contributed by atoms with E-state index in [0.29, 0.717) is 10.8 Å². The van der Waals surface area contributed by atoms with E-state index in [2.05, 4.69) is 4.98 Å². The number of thiazole rings is 1. The lowest BCUT2D eigenvalue weighted by atomic mass is 10.3. The standard InChI is InChI=1S/C10H13N3O3S/c11-10-12-6(5-17-10)3-8(14)13(4-9(15)16)7-1-2-7/h5,7H,1-4H2,(H2,11,12)(H,15,16). The van der Waals surface area contributed by atoms with Gasteiger partial charge in [-0.3, -0.25) is 9.59 Å². The van der Waals surface area contributed by atoms with Crippen molar-refractivity contribution in [2.45, 2.75) is 25.3 Å². The van der Waals surface area contributed by atoms with Gasteiger partial charge in [0.05, 0.1) is 12.1 Å². The Hall–Kier alpha value is -1.63. The number of aromatic nitrogens is 1. The van der Waals surface area contributed by atoms with Gasteiger partial charge in [-0.25, -0.2) is 4.98 Å². The summed E-state index contributed by atoms with van der Waals surface area (Å²) < 4.78 is 0. The van der Waals surface area contributed by atoms with Crippen molar-refractivity contribution < 1.29 is 14.7 Å². The molecule has 7 heteroatoms. The summed E-state index contributed by atoms with van der Waals surface area (Å²) in [6.45, 7) is -0.233. The van der Waals surface area contributed by atoms with Gasteiger partial charge in [0.1, 0.15) is 6.54 Å². The number of carboxylic acids is 1. The van der Waals surface area contributed by atoms with Gasteiger partial charge < -0.3 is 15.7 Å². The van der Waals surface area contributed by atoms with E-state index < -0.39 is 5.97 Å². The minimum Gasteiger partial charge on any atom is -0.480 e. The minimum atomic E-state index is -0.983. The molecule has 6 nitrogen and oxygen atoms in total. The van der Waals surface area contributed by atoms with Crippen LogP contribution in [-0.2, 0) is 16.0 Å². The third kappa shape index (κ3) is 3.16. The number of nitrogens with zero attached hydrogens (tertiary/aromatic N) is 2. The molecule has 1 aliphatic carbocycles. The number of rotatable bonds is 5. The molecule has 1 aliphatic rings. The van der Waals surface area contributed by atoms with Gasteiger partial charge >= 0.3 is 5.97 Å². The molecule has 0 aromatic carbocycles. The molecule has 1 aromatic heterocycles. The van der Waals surface area contributed by atoms with Crippen molar-refractivity contribution >= 4 is 28.3 Å². The van der Waals surface area contributed by atoms with Gasteiger partial charge in [-0.15, -0.1) is 11.3 Å². The lowest BCUT2D eigenvalue weighted by Gasteiger charge is -2.19. The van der Waals surface area contributed by atoms with Gasteiger partial charge in [-0.1, -0.05) is 0 Å². The molecule has 3 N–H and O–H groups in total. The topological polar surface area (TPSA) is 96.5 Å². The van der Waals surface area contributed by atoms with Gasteiger partial charge in [-0.2, -0.15) is 0 Å². The Bertz CT molecular complexity index is 442. The first-order valence-corrected chi connectivity index (χ1v) is 6.15. The van der Waals surface area contributed by atoms with Crippen molar-refractivity contribution in [1.82, 2.24) is 9.88 Å². The lowest BCUT2D eigenvalue weighted by Crippen LogP contribution is -2.38. The average molecular weight is 255 g/mol. The third-order valence-corrected chi connectivity index (χ3v) is 3.24. The molecule has 0 atom stereocenters. The number of nitrogens with two attached hydrogens (primary N) is 1. The highest BCUT2D eigenvalue weighted by atomic mass is 32.1. The second kappa shape index (κ2) is 4.70. The number of carbonyl (C=O) groups is 2. The van der Waals surface area contributed by atoms with Crippen LogP contribution in [0.3, 0.4) is 0 Å². The van der Waals surface area contributed by atoms with Crippen LogP contribution in [0.15, 0.2) is 5.38 Å². The van der Waals surface area contributed by atoms with Crippen LogP contribution < -0.4 is 5.73 Å². The summed E-state index contributed by atoms with van der Waals surface area (Å²) in [4.78, 5) is 28.0. The number of hydrogen-bond acceptors (Lipinski definition) is 5. The number of nitrogen functional groups attached to an aromatic ring is 1. The molecule has 0 aliphatic heterocycles. The molecule has 1 saturated carbocycles. The lowest BCUT2D eigenvalue weighted by molar-refractivity contribution is -0.144. The van der Waals surface area contributed by atoms with Crippen LogP contribution in [0.1, 0.15) is 18.5 Å². The molecule has 92 valence electrons. The first-order valence-electron chi connectivity index (χ1n) is 5.27. The first kappa shape index (κ1) is 11.8. The fourth-order valence-electron chi connectivity index (χ4n) is 1.61. The van der Waals surface area contributed by atoms with Crippen molar-refractivity contribution in [2.75, 3.05) is 12.3 Å². The van der Waals surface area contributed by atoms with Gasteiger partial charge in [0.15, 0.2) is 5.13 Å². The van der Waals surface area contributed by atoms with Crippen molar-refractivity contribution in [1.29, 1.82) is 0 Å². The van der Waals surface area contributed by atoms with E-state index in [1.165, 1.54) is 16.2 Å². The van der Waals surface area contributed by atoms with Crippen molar-refractivity contribution in [2.24, 2.45) is 0 Å². The van der Waals surface area contributed by atoms with E-state index in [1.54, 1.807) is 5.38 Å². The monoisotopic (exact) mass is 255 g/mol. The second-order valence-corrected chi connectivity index (χ2v) is 4.89. The normalized spacial score (nSPS) is 14.6. The van der Waals surface area contributed by atoms with E-state index in [9.17, 15) is 9.59 Å². The van der Waals surface area contributed by atoms with Gasteiger partial charge in [0.25, 0.3) is 0 Å². The van der Waals surface area contributed by atoms with Crippen molar-refractivity contribution in [3.8, 4) is 0 Å². The molecule has 1 amide bonds. The van der Waals surface area contributed by atoms with E-state index >= 15 is 0 Å². The zero-order valence-corrected chi connectivity index (χ0v) is 9.94. The molecule has 2 rings (SSSR count). The van der Waals surface area contributed by atoms with E-state index in [0.717, 1.165) is 12.8 Å². The zero-order chi connectivity index (χ0) is 12.4. The molecule has 1 heterocycles. The molecule has 0 unspecified atom stereocenters. The summed E-state index contributed by atoms with van der Waals surface area (Å²) in [6.07, 6.45) is 1.90. The third-order valence-electron chi connectivity index (χ3n) is 2.52. The molecular formula is C10H13N3O3S. The maximum atomic E-state index is 11.9. The number of hydrogen-bond donors (Lipinski definition) is 2. The summed E-state index contributed by atoms with van der Waals surface area (Å²) >= 11 is 1.28. The molecule has 17 heavy (non-hydrogen) atoms.